The van der Waals surface area contributed by atoms with E-state index >= 15 is 0 Å². The van der Waals surface area contributed by atoms with Gasteiger partial charge in [-0.15, -0.1) is 21.5 Å². The smallest absolute Gasteiger partial charge is 0.341 e. The van der Waals surface area contributed by atoms with Gasteiger partial charge in [0.1, 0.15) is 5.00 Å². The summed E-state index contributed by atoms with van der Waals surface area (Å²) in [5, 5.41) is 25.7. The highest BCUT2D eigenvalue weighted by molar-refractivity contribution is 8.00. The van der Waals surface area contributed by atoms with Gasteiger partial charge >= 0.3 is 5.97 Å². The number of nitrogens with zero attached hydrogens (tertiary/aromatic N) is 4. The van der Waals surface area contributed by atoms with Crippen molar-refractivity contribution < 1.29 is 24.0 Å². The van der Waals surface area contributed by atoms with Crippen LogP contribution in [0.4, 0.5) is 10.7 Å². The molecule has 41 heavy (non-hydrogen) atoms. The average molecular weight is 601 g/mol. The second-order valence-electron chi connectivity index (χ2n) is 9.42. The van der Waals surface area contributed by atoms with E-state index in [-0.39, 0.29) is 30.3 Å². The number of fused-ring (bicyclic) bond motifs is 1. The molecule has 12 nitrogen and oxygen atoms in total. The number of ether oxygens (including phenoxy) is 1. The molecule has 2 N–H and O–H groups in total. The molecule has 2 aromatic heterocycles. The molecule has 0 fully saturated rings. The lowest BCUT2D eigenvalue weighted by Crippen LogP contribution is -2.25. The standard InChI is InChI=1S/C27H32N6O6S2/c1-4-6-14-32-21(15-28-24(35)17-10-12-18(13-11-17)33(37)38)30-31-27(32)40-16(3)23(34)29-25-22(26(36)39-5-2)19-8-7-9-20(19)41-25/h10-13,16H,4-9,14-15H2,1-3H3,(H,28,35)(H,29,34)/t16-/m0/s1. The van der Waals surface area contributed by atoms with Gasteiger partial charge in [0.2, 0.25) is 5.91 Å². The topological polar surface area (TPSA) is 158 Å². The first-order valence-electron chi connectivity index (χ1n) is 13.5. The van der Waals surface area contributed by atoms with Gasteiger partial charge in [0, 0.05) is 29.1 Å². The number of rotatable bonds is 13. The fourth-order valence-electron chi connectivity index (χ4n) is 4.41. The summed E-state index contributed by atoms with van der Waals surface area (Å²) in [6.45, 7) is 6.53. The molecule has 0 saturated carbocycles. The van der Waals surface area contributed by atoms with Gasteiger partial charge in [-0.25, -0.2) is 4.79 Å². The van der Waals surface area contributed by atoms with Gasteiger partial charge in [-0.2, -0.15) is 0 Å². The van der Waals surface area contributed by atoms with Gasteiger partial charge in [-0.3, -0.25) is 19.7 Å². The molecule has 0 unspecified atom stereocenters. The van der Waals surface area contributed by atoms with E-state index in [2.05, 4.69) is 27.8 Å². The SMILES string of the molecule is CCCCn1c(CNC(=O)c2ccc([N+](=O)[O-])cc2)nnc1S[C@@H](C)C(=O)Nc1sc2c(c1C(=O)OCC)CCC2. The van der Waals surface area contributed by atoms with Gasteiger partial charge in [-0.1, -0.05) is 25.1 Å². The molecular formula is C27H32N6O6S2. The van der Waals surface area contributed by atoms with Crippen LogP contribution < -0.4 is 10.6 Å². The third kappa shape index (κ3) is 7.11. The van der Waals surface area contributed by atoms with Crippen LogP contribution >= 0.6 is 23.1 Å². The number of nitrogens with one attached hydrogen (secondary N) is 2. The molecule has 2 amide bonds. The minimum atomic E-state index is -0.547. The molecule has 2 heterocycles. The zero-order valence-electron chi connectivity index (χ0n) is 23.1. The molecule has 0 saturated heterocycles. The highest BCUT2D eigenvalue weighted by Gasteiger charge is 2.30. The summed E-state index contributed by atoms with van der Waals surface area (Å²) in [7, 11) is 0. The van der Waals surface area contributed by atoms with Crippen LogP contribution in [0.15, 0.2) is 29.4 Å². The largest absolute Gasteiger partial charge is 0.462 e. The van der Waals surface area contributed by atoms with Crippen LogP contribution in [0.3, 0.4) is 0 Å². The fourth-order valence-corrected chi connectivity index (χ4v) is 6.58. The molecule has 3 aromatic rings. The van der Waals surface area contributed by atoms with Crippen molar-refractivity contribution in [2.75, 3.05) is 11.9 Å². The lowest BCUT2D eigenvalue weighted by Gasteiger charge is -2.14. The Morgan fingerprint density at radius 3 is 2.63 bits per heavy atom. The van der Waals surface area contributed by atoms with Crippen molar-refractivity contribution in [2.45, 2.75) is 76.4 Å². The van der Waals surface area contributed by atoms with Crippen LogP contribution in [0.5, 0.6) is 0 Å². The number of anilines is 1. The van der Waals surface area contributed by atoms with E-state index in [1.54, 1.807) is 13.8 Å². The molecule has 1 aromatic carbocycles. The number of amides is 2. The van der Waals surface area contributed by atoms with Crippen LogP contribution in [-0.4, -0.2) is 49.3 Å². The monoisotopic (exact) mass is 600 g/mol. The first-order valence-corrected chi connectivity index (χ1v) is 15.2. The summed E-state index contributed by atoms with van der Waals surface area (Å²) in [4.78, 5) is 49.9. The summed E-state index contributed by atoms with van der Waals surface area (Å²) in [6, 6.07) is 5.34. The average Bonchev–Trinajstić information content (AvgIpc) is 3.65. The number of thiophene rings is 1. The summed E-state index contributed by atoms with van der Waals surface area (Å²) < 4.78 is 7.15. The Labute approximate surface area is 245 Å². The Morgan fingerprint density at radius 1 is 1.20 bits per heavy atom. The van der Waals surface area contributed by atoms with E-state index in [1.165, 1.54) is 47.4 Å². The lowest BCUT2D eigenvalue weighted by atomic mass is 10.1. The van der Waals surface area contributed by atoms with Crippen molar-refractivity contribution in [1.82, 2.24) is 20.1 Å². The van der Waals surface area contributed by atoms with E-state index < -0.39 is 22.0 Å². The molecule has 0 radical (unpaired) electrons. The van der Waals surface area contributed by atoms with E-state index in [9.17, 15) is 24.5 Å². The molecule has 1 aliphatic carbocycles. The number of hydrogen-bond donors (Lipinski definition) is 2. The van der Waals surface area contributed by atoms with Crippen LogP contribution in [-0.2, 0) is 35.5 Å². The number of carbonyl (C=O) groups is 3. The quantitative estimate of drug-likeness (QED) is 0.122. The molecule has 1 atom stereocenters. The number of hydrogen-bond acceptors (Lipinski definition) is 10. The number of thioether (sulfide) groups is 1. The van der Waals surface area contributed by atoms with Crippen molar-refractivity contribution in [3.8, 4) is 0 Å². The van der Waals surface area contributed by atoms with Gasteiger partial charge in [-0.05, 0) is 57.2 Å². The first-order chi connectivity index (χ1) is 19.7. The minimum absolute atomic E-state index is 0.0946. The Bertz CT molecular complexity index is 1430. The van der Waals surface area contributed by atoms with Gasteiger partial charge in [0.15, 0.2) is 11.0 Å². The molecule has 0 spiro atoms. The highest BCUT2D eigenvalue weighted by atomic mass is 32.2. The highest BCUT2D eigenvalue weighted by Crippen LogP contribution is 2.40. The molecule has 218 valence electrons. The Kier molecular flexibility index (Phi) is 10.1. The van der Waals surface area contributed by atoms with Gasteiger partial charge in [0.05, 0.1) is 28.9 Å². The number of nitro groups is 1. The Morgan fingerprint density at radius 2 is 1.95 bits per heavy atom. The van der Waals surface area contributed by atoms with Crippen molar-refractivity contribution in [3.05, 3.63) is 61.8 Å². The van der Waals surface area contributed by atoms with E-state index in [1.807, 2.05) is 4.57 Å². The van der Waals surface area contributed by atoms with E-state index in [0.29, 0.717) is 28.1 Å². The summed E-state index contributed by atoms with van der Waals surface area (Å²) >= 11 is 2.68. The lowest BCUT2D eigenvalue weighted by molar-refractivity contribution is -0.384. The molecule has 0 bridgehead atoms. The first kappa shape index (κ1) is 30.2. The third-order valence-electron chi connectivity index (χ3n) is 6.57. The number of unbranched alkanes of at least 4 members (excludes halogenated alkanes) is 1. The zero-order chi connectivity index (χ0) is 29.5. The zero-order valence-corrected chi connectivity index (χ0v) is 24.7. The van der Waals surface area contributed by atoms with Crippen LogP contribution in [0, 0.1) is 10.1 Å². The minimum Gasteiger partial charge on any atom is -0.462 e. The van der Waals surface area contributed by atoms with E-state index in [0.717, 1.165) is 42.5 Å². The number of carbonyl (C=O) groups excluding carboxylic acids is 3. The Balaban J connectivity index is 1.44. The van der Waals surface area contributed by atoms with Gasteiger partial charge in [0.25, 0.3) is 11.6 Å². The number of nitro benzene ring substituents is 1. The summed E-state index contributed by atoms with van der Waals surface area (Å²) in [6.07, 6.45) is 4.44. The second-order valence-corrected chi connectivity index (χ2v) is 11.8. The maximum Gasteiger partial charge on any atom is 0.341 e. The number of benzene rings is 1. The molecule has 14 heteroatoms. The van der Waals surface area contributed by atoms with E-state index in [4.69, 9.17) is 4.74 Å². The number of non-ortho nitro benzene ring substituents is 1. The molecule has 4 rings (SSSR count). The van der Waals surface area contributed by atoms with Crippen LogP contribution in [0.2, 0.25) is 0 Å². The number of aryl methyl sites for hydroxylation is 1. The maximum atomic E-state index is 13.2. The number of aromatic nitrogens is 3. The molecule has 1 aliphatic rings. The maximum absolute atomic E-state index is 13.2. The van der Waals surface area contributed by atoms with Gasteiger partial charge < -0.3 is 19.9 Å². The summed E-state index contributed by atoms with van der Waals surface area (Å²) in [5.41, 5.74) is 1.63. The summed E-state index contributed by atoms with van der Waals surface area (Å²) in [5.74, 6) is -0.545. The fraction of sp³-hybridized carbons (Fsp3) is 0.444. The normalized spacial score (nSPS) is 13.0. The Hall–Kier alpha value is -3.78. The van der Waals surface area contributed by atoms with Crippen LogP contribution in [0.1, 0.15) is 77.0 Å². The third-order valence-corrected chi connectivity index (χ3v) is 8.85. The molecular weight excluding hydrogens is 568 g/mol. The molecule has 0 aliphatic heterocycles. The van der Waals surface area contributed by atoms with Crippen LogP contribution in [0.25, 0.3) is 0 Å². The second kappa shape index (κ2) is 13.7. The predicted molar refractivity (Wildman–Crippen MR) is 155 cm³/mol. The van der Waals surface area contributed by atoms with Crippen molar-refractivity contribution >= 4 is 51.6 Å². The van der Waals surface area contributed by atoms with Crippen molar-refractivity contribution in [3.63, 3.8) is 0 Å². The number of esters is 1. The van der Waals surface area contributed by atoms with Crippen molar-refractivity contribution in [1.29, 1.82) is 0 Å². The predicted octanol–water partition coefficient (Wildman–Crippen LogP) is 4.76. The van der Waals surface area contributed by atoms with Crippen molar-refractivity contribution in [2.24, 2.45) is 0 Å².